The Morgan fingerprint density at radius 1 is 1.22 bits per heavy atom. The molecule has 3 rings (SSSR count). The van der Waals surface area contributed by atoms with E-state index in [0.717, 1.165) is 10.0 Å². The van der Waals surface area contributed by atoms with Gasteiger partial charge in [0.25, 0.3) is 5.56 Å². The summed E-state index contributed by atoms with van der Waals surface area (Å²) in [5.41, 5.74) is 1.35. The standard InChI is InChI=1S/C19H20BrN3O3S/c1-11(2)9-23-18(25)17-15(6-7-27-17)22(19(23)26)10-16(24)21-14-5-4-13(20)8-12(14)3/h4-8,11H,9-10H2,1-3H3,(H,21,24). The number of aromatic nitrogens is 2. The highest BCUT2D eigenvalue weighted by Gasteiger charge is 2.17. The molecule has 0 unspecified atom stereocenters. The zero-order valence-electron chi connectivity index (χ0n) is 15.3. The Morgan fingerprint density at radius 2 is 1.96 bits per heavy atom. The second-order valence-electron chi connectivity index (χ2n) is 6.82. The number of halogens is 1. The van der Waals surface area contributed by atoms with Crippen LogP contribution in [0, 0.1) is 12.8 Å². The maximum atomic E-state index is 12.9. The SMILES string of the molecule is Cc1cc(Br)ccc1NC(=O)Cn1c(=O)n(CC(C)C)c(=O)c2sccc21. The Kier molecular flexibility index (Phi) is 5.67. The molecule has 1 N–H and O–H groups in total. The summed E-state index contributed by atoms with van der Waals surface area (Å²) < 4.78 is 4.01. The zero-order valence-corrected chi connectivity index (χ0v) is 17.7. The third-order valence-electron chi connectivity index (χ3n) is 4.15. The molecule has 1 amide bonds. The highest BCUT2D eigenvalue weighted by molar-refractivity contribution is 9.10. The number of benzene rings is 1. The minimum absolute atomic E-state index is 0.139. The van der Waals surface area contributed by atoms with Gasteiger partial charge in [0.2, 0.25) is 5.91 Å². The number of carbonyl (C=O) groups is 1. The predicted molar refractivity (Wildman–Crippen MR) is 113 cm³/mol. The van der Waals surface area contributed by atoms with Crippen LogP contribution in [0.15, 0.2) is 43.7 Å². The van der Waals surface area contributed by atoms with Crippen molar-refractivity contribution in [3.05, 3.63) is 60.5 Å². The summed E-state index contributed by atoms with van der Waals surface area (Å²) in [7, 11) is 0. The fraction of sp³-hybridized carbons (Fsp3) is 0.316. The van der Waals surface area contributed by atoms with Gasteiger partial charge in [-0.15, -0.1) is 11.3 Å². The normalized spacial score (nSPS) is 11.3. The lowest BCUT2D eigenvalue weighted by atomic mass is 10.2. The van der Waals surface area contributed by atoms with Gasteiger partial charge in [0.15, 0.2) is 0 Å². The first-order chi connectivity index (χ1) is 12.8. The van der Waals surface area contributed by atoms with Crippen LogP contribution in [0.3, 0.4) is 0 Å². The predicted octanol–water partition coefficient (Wildman–Crippen LogP) is 3.59. The summed E-state index contributed by atoms with van der Waals surface area (Å²) >= 11 is 4.68. The molecule has 0 radical (unpaired) electrons. The van der Waals surface area contributed by atoms with E-state index in [1.165, 1.54) is 20.5 Å². The van der Waals surface area contributed by atoms with Crippen LogP contribution in [0.5, 0.6) is 0 Å². The summed E-state index contributed by atoms with van der Waals surface area (Å²) in [5, 5.41) is 4.60. The number of carbonyl (C=O) groups excluding carboxylic acids is 1. The molecule has 0 bridgehead atoms. The average Bonchev–Trinajstić information content (AvgIpc) is 3.07. The largest absolute Gasteiger partial charge is 0.332 e. The second-order valence-corrected chi connectivity index (χ2v) is 8.65. The first-order valence-electron chi connectivity index (χ1n) is 8.54. The number of hydrogen-bond acceptors (Lipinski definition) is 4. The Labute approximate surface area is 168 Å². The van der Waals surface area contributed by atoms with Crippen molar-refractivity contribution in [2.24, 2.45) is 5.92 Å². The number of rotatable bonds is 5. The van der Waals surface area contributed by atoms with Crippen molar-refractivity contribution >= 4 is 49.1 Å². The average molecular weight is 450 g/mol. The number of aryl methyl sites for hydroxylation is 1. The summed E-state index contributed by atoms with van der Waals surface area (Å²) in [6, 6.07) is 7.26. The van der Waals surface area contributed by atoms with E-state index in [0.29, 0.717) is 22.4 Å². The minimum Gasteiger partial charge on any atom is -0.324 e. The first kappa shape index (κ1) is 19.6. The summed E-state index contributed by atoms with van der Waals surface area (Å²) in [5.74, 6) is -0.176. The maximum Gasteiger partial charge on any atom is 0.332 e. The number of anilines is 1. The van der Waals surface area contributed by atoms with Gasteiger partial charge in [0.05, 0.1) is 5.52 Å². The molecule has 0 atom stereocenters. The summed E-state index contributed by atoms with van der Waals surface area (Å²) in [4.78, 5) is 38.1. The van der Waals surface area contributed by atoms with Crippen molar-refractivity contribution in [3.63, 3.8) is 0 Å². The van der Waals surface area contributed by atoms with Crippen LogP contribution in [0.1, 0.15) is 19.4 Å². The van der Waals surface area contributed by atoms with Crippen molar-refractivity contribution in [2.75, 3.05) is 5.32 Å². The molecule has 0 saturated heterocycles. The maximum absolute atomic E-state index is 12.9. The van der Waals surface area contributed by atoms with Gasteiger partial charge in [0.1, 0.15) is 11.2 Å². The molecular weight excluding hydrogens is 430 g/mol. The van der Waals surface area contributed by atoms with Gasteiger partial charge in [-0.3, -0.25) is 18.7 Å². The molecule has 0 saturated carbocycles. The van der Waals surface area contributed by atoms with E-state index in [9.17, 15) is 14.4 Å². The van der Waals surface area contributed by atoms with E-state index in [1.54, 1.807) is 17.5 Å². The number of nitrogens with zero attached hydrogens (tertiary/aromatic N) is 2. The zero-order chi connectivity index (χ0) is 19.7. The van der Waals surface area contributed by atoms with Gasteiger partial charge in [-0.1, -0.05) is 29.8 Å². The van der Waals surface area contributed by atoms with E-state index in [2.05, 4.69) is 21.2 Å². The highest BCUT2D eigenvalue weighted by Crippen LogP contribution is 2.20. The smallest absolute Gasteiger partial charge is 0.324 e. The Bertz CT molecular complexity index is 1130. The van der Waals surface area contributed by atoms with Gasteiger partial charge in [0, 0.05) is 16.7 Å². The van der Waals surface area contributed by atoms with Crippen molar-refractivity contribution in [2.45, 2.75) is 33.9 Å². The third-order valence-corrected chi connectivity index (χ3v) is 5.53. The van der Waals surface area contributed by atoms with Crippen molar-refractivity contribution in [1.29, 1.82) is 0 Å². The number of nitrogens with one attached hydrogen (secondary N) is 1. The molecule has 0 fully saturated rings. The topological polar surface area (TPSA) is 73.1 Å². The third kappa shape index (κ3) is 4.06. The van der Waals surface area contributed by atoms with Crippen LogP contribution in [-0.4, -0.2) is 15.0 Å². The Morgan fingerprint density at radius 3 is 2.63 bits per heavy atom. The van der Waals surface area contributed by atoms with Crippen LogP contribution in [0.25, 0.3) is 10.2 Å². The van der Waals surface area contributed by atoms with E-state index in [-0.39, 0.29) is 23.9 Å². The monoisotopic (exact) mass is 449 g/mol. The fourth-order valence-corrected chi connectivity index (χ4v) is 4.23. The number of amides is 1. The molecule has 6 nitrogen and oxygen atoms in total. The lowest BCUT2D eigenvalue weighted by Gasteiger charge is -2.14. The molecule has 27 heavy (non-hydrogen) atoms. The van der Waals surface area contributed by atoms with Gasteiger partial charge >= 0.3 is 5.69 Å². The number of fused-ring (bicyclic) bond motifs is 1. The van der Waals surface area contributed by atoms with Gasteiger partial charge < -0.3 is 5.32 Å². The van der Waals surface area contributed by atoms with Crippen LogP contribution >= 0.6 is 27.3 Å². The minimum atomic E-state index is -0.456. The molecule has 0 aliphatic heterocycles. The van der Waals surface area contributed by atoms with E-state index in [4.69, 9.17) is 0 Å². The van der Waals surface area contributed by atoms with E-state index >= 15 is 0 Å². The van der Waals surface area contributed by atoms with Gasteiger partial charge in [-0.25, -0.2) is 4.79 Å². The molecular formula is C19H20BrN3O3S. The molecule has 1 aromatic carbocycles. The highest BCUT2D eigenvalue weighted by atomic mass is 79.9. The fourth-order valence-electron chi connectivity index (χ4n) is 2.91. The summed E-state index contributed by atoms with van der Waals surface area (Å²) in [6.45, 7) is 5.95. The van der Waals surface area contributed by atoms with Crippen LogP contribution in [-0.2, 0) is 17.9 Å². The molecule has 0 aliphatic rings. The molecule has 8 heteroatoms. The summed E-state index contributed by atoms with van der Waals surface area (Å²) in [6.07, 6.45) is 0. The number of thiophene rings is 1. The molecule has 142 valence electrons. The van der Waals surface area contributed by atoms with Crippen LogP contribution in [0.4, 0.5) is 5.69 Å². The quantitative estimate of drug-likeness (QED) is 0.646. The first-order valence-corrected chi connectivity index (χ1v) is 10.2. The second kappa shape index (κ2) is 7.82. The van der Waals surface area contributed by atoms with Crippen molar-refractivity contribution in [3.8, 4) is 0 Å². The molecule has 2 heterocycles. The Balaban J connectivity index is 1.98. The lowest BCUT2D eigenvalue weighted by molar-refractivity contribution is -0.116. The van der Waals surface area contributed by atoms with Crippen molar-refractivity contribution in [1.82, 2.24) is 9.13 Å². The van der Waals surface area contributed by atoms with Crippen molar-refractivity contribution < 1.29 is 4.79 Å². The lowest BCUT2D eigenvalue weighted by Crippen LogP contribution is -2.42. The van der Waals surface area contributed by atoms with Gasteiger partial charge in [-0.05, 0) is 48.1 Å². The Hall–Kier alpha value is -2.19. The van der Waals surface area contributed by atoms with E-state index < -0.39 is 5.69 Å². The van der Waals surface area contributed by atoms with Gasteiger partial charge in [-0.2, -0.15) is 0 Å². The molecule has 0 spiro atoms. The van der Waals surface area contributed by atoms with Crippen LogP contribution in [0.2, 0.25) is 0 Å². The van der Waals surface area contributed by atoms with E-state index in [1.807, 2.05) is 32.9 Å². The molecule has 0 aliphatic carbocycles. The molecule has 3 aromatic rings. The molecule has 2 aromatic heterocycles. The van der Waals surface area contributed by atoms with Crippen LogP contribution < -0.4 is 16.6 Å². The number of hydrogen-bond donors (Lipinski definition) is 1.